The van der Waals surface area contributed by atoms with Gasteiger partial charge in [-0.1, -0.05) is 0 Å². The Kier molecular flexibility index (Phi) is 2.97. The Labute approximate surface area is 103 Å². The van der Waals surface area contributed by atoms with Crippen molar-refractivity contribution < 1.29 is 14.6 Å². The van der Waals surface area contributed by atoms with Crippen molar-refractivity contribution in [3.63, 3.8) is 0 Å². The van der Waals surface area contributed by atoms with Crippen LogP contribution in [0.3, 0.4) is 0 Å². The molecule has 0 saturated heterocycles. The molecule has 7 heteroatoms. The smallest absolute Gasteiger partial charge is 0.409 e. The van der Waals surface area contributed by atoms with E-state index < -0.39 is 6.09 Å². The summed E-state index contributed by atoms with van der Waals surface area (Å²) in [7, 11) is 1.56. The highest BCUT2D eigenvalue weighted by molar-refractivity contribution is 9.10. The minimum absolute atomic E-state index is 0.517. The van der Waals surface area contributed by atoms with Gasteiger partial charge in [0.15, 0.2) is 0 Å². The third-order valence-corrected chi connectivity index (χ3v) is 3.98. The lowest BCUT2D eigenvalue weighted by atomic mass is 10.4. The van der Waals surface area contributed by atoms with E-state index in [1.54, 1.807) is 13.3 Å². The first-order valence-corrected chi connectivity index (χ1v) is 5.84. The Balaban J connectivity index is 2.54. The van der Waals surface area contributed by atoms with Crippen molar-refractivity contribution in [1.82, 2.24) is 4.98 Å². The second-order valence-corrected chi connectivity index (χ2v) is 4.74. The number of thiophene rings is 1. The monoisotopic (exact) mass is 302 g/mol. The molecular weight excluding hydrogens is 296 g/mol. The van der Waals surface area contributed by atoms with E-state index in [0.717, 1.165) is 10.2 Å². The fourth-order valence-corrected chi connectivity index (χ4v) is 2.98. The molecule has 2 rings (SSSR count). The van der Waals surface area contributed by atoms with E-state index in [9.17, 15) is 4.79 Å². The second-order valence-electron chi connectivity index (χ2n) is 2.90. The summed E-state index contributed by atoms with van der Waals surface area (Å²) in [5, 5.41) is 11.5. The minimum atomic E-state index is -1.10. The van der Waals surface area contributed by atoms with Crippen LogP contribution in [-0.4, -0.2) is 23.3 Å². The molecule has 0 aliphatic rings. The lowest BCUT2D eigenvalue weighted by Gasteiger charge is -1.97. The van der Waals surface area contributed by atoms with Crippen LogP contribution < -0.4 is 10.1 Å². The highest BCUT2D eigenvalue weighted by Crippen LogP contribution is 2.39. The van der Waals surface area contributed by atoms with Gasteiger partial charge in [0, 0.05) is 6.07 Å². The van der Waals surface area contributed by atoms with Crippen LogP contribution in [0.5, 0.6) is 5.75 Å². The lowest BCUT2D eigenvalue weighted by Crippen LogP contribution is -2.05. The highest BCUT2D eigenvalue weighted by atomic mass is 79.9. The Morgan fingerprint density at radius 1 is 1.69 bits per heavy atom. The number of pyridine rings is 1. The van der Waals surface area contributed by atoms with Crippen LogP contribution in [0.15, 0.2) is 16.7 Å². The van der Waals surface area contributed by atoms with Gasteiger partial charge in [0.1, 0.15) is 10.8 Å². The van der Waals surface area contributed by atoms with Crippen LogP contribution in [-0.2, 0) is 0 Å². The van der Waals surface area contributed by atoms with Crippen LogP contribution in [0, 0.1) is 0 Å². The molecule has 0 fully saturated rings. The summed E-state index contributed by atoms with van der Waals surface area (Å²) < 4.78 is 6.55. The van der Waals surface area contributed by atoms with Crippen LogP contribution in [0.4, 0.5) is 9.80 Å². The predicted molar refractivity (Wildman–Crippen MR) is 65.5 cm³/mol. The van der Waals surface area contributed by atoms with Gasteiger partial charge in [-0.2, -0.15) is 0 Å². The average molecular weight is 303 g/mol. The van der Waals surface area contributed by atoms with Crippen LogP contribution in [0.1, 0.15) is 0 Å². The molecule has 2 aromatic rings. The number of amides is 1. The molecule has 5 nitrogen and oxygen atoms in total. The maximum atomic E-state index is 10.6. The minimum Gasteiger partial charge on any atom is -0.495 e. The van der Waals surface area contributed by atoms with Crippen molar-refractivity contribution in [1.29, 1.82) is 0 Å². The number of carbonyl (C=O) groups is 1. The van der Waals surface area contributed by atoms with E-state index in [1.807, 2.05) is 6.07 Å². The van der Waals surface area contributed by atoms with Crippen molar-refractivity contribution in [2.45, 2.75) is 0 Å². The average Bonchev–Trinajstić information content (AvgIpc) is 2.54. The van der Waals surface area contributed by atoms with Crippen LogP contribution in [0.2, 0.25) is 0 Å². The number of rotatable bonds is 2. The maximum absolute atomic E-state index is 10.6. The Morgan fingerprint density at radius 3 is 3.06 bits per heavy atom. The molecule has 0 bridgehead atoms. The van der Waals surface area contributed by atoms with E-state index in [-0.39, 0.29) is 0 Å². The molecule has 0 aliphatic heterocycles. The molecule has 0 aromatic carbocycles. The second kappa shape index (κ2) is 4.26. The van der Waals surface area contributed by atoms with Gasteiger partial charge < -0.3 is 9.84 Å². The number of methoxy groups -OCH3 is 1. The van der Waals surface area contributed by atoms with Crippen molar-refractivity contribution >= 4 is 48.6 Å². The number of halogens is 1. The largest absolute Gasteiger partial charge is 0.495 e. The van der Waals surface area contributed by atoms with Gasteiger partial charge >= 0.3 is 6.09 Å². The summed E-state index contributed by atoms with van der Waals surface area (Å²) in [5.74, 6) is 0.642. The number of nitrogens with one attached hydrogen (secondary N) is 1. The third kappa shape index (κ3) is 1.96. The summed E-state index contributed by atoms with van der Waals surface area (Å²) in [6.07, 6.45) is 0.490. The van der Waals surface area contributed by atoms with E-state index in [0.29, 0.717) is 15.2 Å². The van der Waals surface area contributed by atoms with Crippen molar-refractivity contribution in [2.75, 3.05) is 12.4 Å². The number of ether oxygens (including phenoxy) is 1. The first kappa shape index (κ1) is 11.2. The molecule has 0 saturated carbocycles. The van der Waals surface area contributed by atoms with E-state index >= 15 is 0 Å². The summed E-state index contributed by atoms with van der Waals surface area (Å²) in [4.78, 5) is 14.7. The molecule has 2 N–H and O–H groups in total. The zero-order valence-electron chi connectivity index (χ0n) is 8.15. The van der Waals surface area contributed by atoms with Crippen molar-refractivity contribution in [3.05, 3.63) is 16.7 Å². The quantitative estimate of drug-likeness (QED) is 0.894. The Hall–Kier alpha value is -1.34. The number of carboxylic acid groups (broad SMARTS) is 1. The number of fused-ring (bicyclic) bond motifs is 1. The normalized spacial score (nSPS) is 10.4. The third-order valence-electron chi connectivity index (χ3n) is 1.90. The molecule has 0 radical (unpaired) electrons. The van der Waals surface area contributed by atoms with Gasteiger partial charge in [-0.05, 0) is 15.9 Å². The molecular formula is C9H7BrN2O3S. The van der Waals surface area contributed by atoms with Crippen molar-refractivity contribution in [2.24, 2.45) is 0 Å². The molecule has 0 unspecified atom stereocenters. The number of aromatic nitrogens is 1. The maximum Gasteiger partial charge on any atom is 0.409 e. The number of anilines is 1. The van der Waals surface area contributed by atoms with E-state index in [4.69, 9.17) is 9.84 Å². The molecule has 1 amide bonds. The van der Waals surface area contributed by atoms with Gasteiger partial charge in [-0.15, -0.1) is 11.3 Å². The number of hydrogen-bond acceptors (Lipinski definition) is 4. The zero-order valence-corrected chi connectivity index (χ0v) is 10.6. The summed E-state index contributed by atoms with van der Waals surface area (Å²) >= 11 is 4.61. The number of nitrogens with zero attached hydrogens (tertiary/aromatic N) is 1. The molecule has 2 heterocycles. The highest BCUT2D eigenvalue weighted by Gasteiger charge is 2.13. The van der Waals surface area contributed by atoms with Gasteiger partial charge in [0.05, 0.1) is 28.0 Å². The molecule has 0 aliphatic carbocycles. The Bertz CT molecular complexity index is 555. The lowest BCUT2D eigenvalue weighted by molar-refractivity contribution is 0.210. The first-order chi connectivity index (χ1) is 7.61. The molecule has 84 valence electrons. The first-order valence-electron chi connectivity index (χ1n) is 4.24. The van der Waals surface area contributed by atoms with Crippen LogP contribution >= 0.6 is 27.3 Å². The summed E-state index contributed by atoms with van der Waals surface area (Å²) in [6.45, 7) is 0. The summed E-state index contributed by atoms with van der Waals surface area (Å²) in [6, 6.07) is 1.81. The summed E-state index contributed by atoms with van der Waals surface area (Å²) in [5.41, 5.74) is 0.717. The zero-order chi connectivity index (χ0) is 11.7. The van der Waals surface area contributed by atoms with Gasteiger partial charge in [-0.3, -0.25) is 10.3 Å². The molecule has 2 aromatic heterocycles. The van der Waals surface area contributed by atoms with Gasteiger partial charge in [0.25, 0.3) is 0 Å². The predicted octanol–water partition coefficient (Wildman–Crippen LogP) is 3.16. The standard InChI is InChI=1S/C9H7BrN2O3S/c1-15-4-2-5-7(11-3-4)6(10)8(16-5)12-9(13)14/h2-3,12H,1H3,(H,13,14). The molecule has 0 atom stereocenters. The van der Waals surface area contributed by atoms with E-state index in [2.05, 4.69) is 26.2 Å². The Morgan fingerprint density at radius 2 is 2.44 bits per heavy atom. The molecule has 16 heavy (non-hydrogen) atoms. The molecule has 0 spiro atoms. The van der Waals surface area contributed by atoms with E-state index in [1.165, 1.54) is 11.3 Å². The van der Waals surface area contributed by atoms with Gasteiger partial charge in [0.2, 0.25) is 0 Å². The topological polar surface area (TPSA) is 71.5 Å². The number of hydrogen-bond donors (Lipinski definition) is 2. The fourth-order valence-electron chi connectivity index (χ4n) is 1.22. The van der Waals surface area contributed by atoms with Crippen LogP contribution in [0.25, 0.3) is 10.2 Å². The van der Waals surface area contributed by atoms with Crippen molar-refractivity contribution in [3.8, 4) is 5.75 Å². The SMILES string of the molecule is COc1cnc2c(Br)c(NC(=O)O)sc2c1. The fraction of sp³-hybridized carbons (Fsp3) is 0.111. The van der Waals surface area contributed by atoms with Gasteiger partial charge in [-0.25, -0.2) is 4.79 Å².